The van der Waals surface area contributed by atoms with Crippen molar-refractivity contribution >= 4 is 50.9 Å². The summed E-state index contributed by atoms with van der Waals surface area (Å²) in [6.45, 7) is 6.65. The quantitative estimate of drug-likeness (QED) is 0.530. The van der Waals surface area contributed by atoms with E-state index in [0.29, 0.717) is 29.0 Å². The molecule has 0 saturated carbocycles. The molecule has 3 rings (SSSR count). The lowest BCUT2D eigenvalue weighted by atomic mass is 10.1. The number of hydrogen-bond acceptors (Lipinski definition) is 3. The summed E-state index contributed by atoms with van der Waals surface area (Å²) in [5, 5.41) is 12.7. The number of anilines is 1. The number of aryl methyl sites for hydroxylation is 1. The van der Waals surface area contributed by atoms with Gasteiger partial charge in [0.05, 0.1) is 29.2 Å². The van der Waals surface area contributed by atoms with Gasteiger partial charge in [-0.1, -0.05) is 48.3 Å². The van der Waals surface area contributed by atoms with Gasteiger partial charge < -0.3 is 5.32 Å². The summed E-state index contributed by atoms with van der Waals surface area (Å²) >= 11 is 15.9. The molecule has 1 aromatic carbocycles. The second kappa shape index (κ2) is 8.68. The Morgan fingerprint density at radius 2 is 1.93 bits per heavy atom. The minimum atomic E-state index is -0.310. The Hall–Kier alpha value is -1.83. The molecule has 2 aromatic heterocycles. The molecule has 9 heteroatoms. The molecule has 3 aromatic rings. The van der Waals surface area contributed by atoms with Crippen LogP contribution in [0, 0.1) is 19.8 Å². The molecule has 1 unspecified atom stereocenters. The lowest BCUT2D eigenvalue weighted by molar-refractivity contribution is -0.119. The molecule has 0 aliphatic rings. The van der Waals surface area contributed by atoms with Crippen LogP contribution < -0.4 is 5.32 Å². The number of halogens is 3. The van der Waals surface area contributed by atoms with E-state index in [9.17, 15) is 4.79 Å². The van der Waals surface area contributed by atoms with E-state index in [1.807, 2.05) is 49.7 Å². The van der Waals surface area contributed by atoms with E-state index in [-0.39, 0.29) is 11.8 Å². The van der Waals surface area contributed by atoms with Crippen molar-refractivity contribution in [1.29, 1.82) is 0 Å². The Morgan fingerprint density at radius 3 is 2.57 bits per heavy atom. The molecule has 1 atom stereocenters. The van der Waals surface area contributed by atoms with Gasteiger partial charge in [0.15, 0.2) is 5.82 Å². The highest BCUT2D eigenvalue weighted by atomic mass is 79.9. The van der Waals surface area contributed by atoms with E-state index in [4.69, 9.17) is 23.2 Å². The Morgan fingerprint density at radius 1 is 1.21 bits per heavy atom. The van der Waals surface area contributed by atoms with Crippen molar-refractivity contribution < 1.29 is 4.79 Å². The predicted molar refractivity (Wildman–Crippen MR) is 115 cm³/mol. The summed E-state index contributed by atoms with van der Waals surface area (Å²) in [4.78, 5) is 12.6. The highest BCUT2D eigenvalue weighted by Gasteiger charge is 2.19. The number of carbonyl (C=O) groups is 1. The third-order valence-electron chi connectivity index (χ3n) is 4.44. The summed E-state index contributed by atoms with van der Waals surface area (Å²) in [5.74, 6) is -0.150. The number of benzene rings is 1. The molecule has 1 amide bonds. The Bertz CT molecular complexity index is 1010. The van der Waals surface area contributed by atoms with E-state index < -0.39 is 0 Å². The molecule has 1 N–H and O–H groups in total. The first kappa shape index (κ1) is 20.9. The van der Waals surface area contributed by atoms with Crippen LogP contribution in [0.2, 0.25) is 10.0 Å². The zero-order valence-electron chi connectivity index (χ0n) is 15.7. The lowest BCUT2D eigenvalue weighted by Gasteiger charge is -2.12. The number of aromatic nitrogens is 4. The first-order chi connectivity index (χ1) is 13.3. The molecule has 0 bridgehead atoms. The van der Waals surface area contributed by atoms with Crippen molar-refractivity contribution in [1.82, 2.24) is 19.6 Å². The molecule has 0 aliphatic carbocycles. The fourth-order valence-corrected chi connectivity index (χ4v) is 3.48. The van der Waals surface area contributed by atoms with Crippen LogP contribution in [-0.4, -0.2) is 25.5 Å². The maximum Gasteiger partial charge on any atom is 0.230 e. The fourth-order valence-electron chi connectivity index (χ4n) is 2.80. The Kier molecular flexibility index (Phi) is 6.47. The Labute approximate surface area is 182 Å². The number of nitrogens with zero attached hydrogens (tertiary/aromatic N) is 4. The van der Waals surface area contributed by atoms with Crippen molar-refractivity contribution in [3.63, 3.8) is 0 Å². The molecule has 28 heavy (non-hydrogen) atoms. The topological polar surface area (TPSA) is 64.7 Å². The summed E-state index contributed by atoms with van der Waals surface area (Å²) in [6, 6.07) is 7.53. The number of amides is 1. The van der Waals surface area contributed by atoms with Crippen LogP contribution in [0.4, 0.5) is 5.82 Å². The average Bonchev–Trinajstić information content (AvgIpc) is 3.11. The summed E-state index contributed by atoms with van der Waals surface area (Å²) < 4.78 is 4.44. The van der Waals surface area contributed by atoms with E-state index in [1.165, 1.54) is 0 Å². The van der Waals surface area contributed by atoms with Gasteiger partial charge >= 0.3 is 0 Å². The number of rotatable bonds is 6. The monoisotopic (exact) mass is 483 g/mol. The van der Waals surface area contributed by atoms with Crippen LogP contribution in [0.5, 0.6) is 0 Å². The molecule has 0 saturated heterocycles. The van der Waals surface area contributed by atoms with E-state index in [1.54, 1.807) is 10.9 Å². The number of hydrogen-bond donors (Lipinski definition) is 1. The molecule has 0 aliphatic heterocycles. The lowest BCUT2D eigenvalue weighted by Crippen LogP contribution is -2.25. The second-order valence-corrected chi connectivity index (χ2v) is 8.28. The molecular formula is C19H20BrCl2N5O. The van der Waals surface area contributed by atoms with Crippen LogP contribution in [-0.2, 0) is 17.9 Å². The average molecular weight is 485 g/mol. The van der Waals surface area contributed by atoms with Crippen LogP contribution in [0.15, 0.2) is 34.9 Å². The van der Waals surface area contributed by atoms with Gasteiger partial charge in [0.25, 0.3) is 0 Å². The third-order valence-corrected chi connectivity index (χ3v) is 6.23. The maximum atomic E-state index is 12.6. The molecule has 148 valence electrons. The van der Waals surface area contributed by atoms with Crippen molar-refractivity contribution in [3.8, 4) is 0 Å². The van der Waals surface area contributed by atoms with Gasteiger partial charge in [0, 0.05) is 16.9 Å². The molecule has 0 radical (unpaired) electrons. The standard InChI is InChI=1S/C19H20BrCl2N5O/c1-11(8-27-13(3)17(20)12(2)24-27)19(28)23-18-16(22)10-26(25-18)9-14-6-4-5-7-15(14)21/h4-7,10-11H,8-9H2,1-3H3,(H,23,25,28). The minimum Gasteiger partial charge on any atom is -0.308 e. The Balaban J connectivity index is 1.67. The summed E-state index contributed by atoms with van der Waals surface area (Å²) in [6.07, 6.45) is 1.67. The number of carbonyl (C=O) groups excluding carboxylic acids is 1. The predicted octanol–water partition coefficient (Wildman–Crippen LogP) is 5.09. The largest absolute Gasteiger partial charge is 0.308 e. The van der Waals surface area contributed by atoms with Gasteiger partial charge in [-0.2, -0.15) is 10.2 Å². The van der Waals surface area contributed by atoms with Gasteiger partial charge in [0.2, 0.25) is 5.91 Å². The van der Waals surface area contributed by atoms with Crippen molar-refractivity contribution in [3.05, 3.63) is 61.9 Å². The normalized spacial score (nSPS) is 12.2. The van der Waals surface area contributed by atoms with Crippen LogP contribution in [0.3, 0.4) is 0 Å². The van der Waals surface area contributed by atoms with E-state index in [2.05, 4.69) is 31.4 Å². The first-order valence-electron chi connectivity index (χ1n) is 8.73. The molecule has 0 spiro atoms. The number of nitrogens with one attached hydrogen (secondary N) is 1. The van der Waals surface area contributed by atoms with E-state index in [0.717, 1.165) is 21.4 Å². The second-order valence-electron chi connectivity index (χ2n) is 6.67. The van der Waals surface area contributed by atoms with Crippen LogP contribution >= 0.6 is 39.1 Å². The highest BCUT2D eigenvalue weighted by molar-refractivity contribution is 9.10. The zero-order valence-corrected chi connectivity index (χ0v) is 18.8. The van der Waals surface area contributed by atoms with Gasteiger partial charge in [-0.05, 0) is 41.4 Å². The summed E-state index contributed by atoms with van der Waals surface area (Å²) in [7, 11) is 0. The van der Waals surface area contributed by atoms with Gasteiger partial charge in [-0.15, -0.1) is 0 Å². The van der Waals surface area contributed by atoms with Crippen molar-refractivity contribution in [2.24, 2.45) is 5.92 Å². The minimum absolute atomic E-state index is 0.173. The molecule has 2 heterocycles. The first-order valence-corrected chi connectivity index (χ1v) is 10.3. The van der Waals surface area contributed by atoms with Crippen LogP contribution in [0.25, 0.3) is 0 Å². The zero-order chi connectivity index (χ0) is 20.4. The smallest absolute Gasteiger partial charge is 0.230 e. The van der Waals surface area contributed by atoms with E-state index >= 15 is 0 Å². The highest BCUT2D eigenvalue weighted by Crippen LogP contribution is 2.24. The fraction of sp³-hybridized carbons (Fsp3) is 0.316. The van der Waals surface area contributed by atoms with Crippen molar-refractivity contribution in [2.75, 3.05) is 5.32 Å². The third kappa shape index (κ3) is 4.59. The summed E-state index contributed by atoms with van der Waals surface area (Å²) in [5.41, 5.74) is 2.80. The van der Waals surface area contributed by atoms with Gasteiger partial charge in [-0.25, -0.2) is 0 Å². The molecular weight excluding hydrogens is 465 g/mol. The molecule has 0 fully saturated rings. The van der Waals surface area contributed by atoms with Crippen LogP contribution in [0.1, 0.15) is 23.9 Å². The van der Waals surface area contributed by atoms with Gasteiger partial charge in [-0.3, -0.25) is 14.2 Å². The van der Waals surface area contributed by atoms with Crippen molar-refractivity contribution in [2.45, 2.75) is 33.9 Å². The SMILES string of the molecule is Cc1nn(CC(C)C(=O)Nc2nn(Cc3ccccc3Cl)cc2Cl)c(C)c1Br. The van der Waals surface area contributed by atoms with Gasteiger partial charge in [0.1, 0.15) is 5.02 Å². The molecule has 6 nitrogen and oxygen atoms in total. The maximum absolute atomic E-state index is 12.6.